The SMILES string of the molecule is COc1ccc(CC(=O)Nc2ccc(C(=O)C3=CCCC=C3)cc2)cc1. The monoisotopic (exact) mass is 347 g/mol. The second-order valence-corrected chi connectivity index (χ2v) is 6.12. The largest absolute Gasteiger partial charge is 0.497 e. The first kappa shape index (κ1) is 17.7. The number of ether oxygens (including phenoxy) is 1. The number of benzene rings is 2. The third-order valence-electron chi connectivity index (χ3n) is 4.21. The Labute approximate surface area is 153 Å². The molecule has 0 spiro atoms. The number of anilines is 1. The zero-order valence-corrected chi connectivity index (χ0v) is 14.7. The van der Waals surface area contributed by atoms with Crippen LogP contribution in [0.1, 0.15) is 28.8 Å². The minimum atomic E-state index is -0.104. The Morgan fingerprint density at radius 3 is 2.35 bits per heavy atom. The lowest BCUT2D eigenvalue weighted by atomic mass is 9.98. The van der Waals surface area contributed by atoms with Gasteiger partial charge in [0.05, 0.1) is 13.5 Å². The highest BCUT2D eigenvalue weighted by Crippen LogP contribution is 2.18. The molecule has 2 aromatic rings. The molecule has 2 aromatic carbocycles. The van der Waals surface area contributed by atoms with Crippen molar-refractivity contribution in [1.29, 1.82) is 0 Å². The maximum absolute atomic E-state index is 12.4. The molecule has 0 atom stereocenters. The van der Waals surface area contributed by atoms with Gasteiger partial charge < -0.3 is 10.1 Å². The number of carbonyl (C=O) groups is 2. The van der Waals surface area contributed by atoms with Gasteiger partial charge in [0.2, 0.25) is 5.91 Å². The van der Waals surface area contributed by atoms with Crippen molar-refractivity contribution in [2.45, 2.75) is 19.3 Å². The lowest BCUT2D eigenvalue weighted by Crippen LogP contribution is -2.14. The molecule has 3 rings (SSSR count). The number of nitrogens with one attached hydrogen (secondary N) is 1. The van der Waals surface area contributed by atoms with Gasteiger partial charge >= 0.3 is 0 Å². The van der Waals surface area contributed by atoms with E-state index in [9.17, 15) is 9.59 Å². The first-order chi connectivity index (χ1) is 12.7. The van der Waals surface area contributed by atoms with Gasteiger partial charge in [0.15, 0.2) is 5.78 Å². The molecule has 0 heterocycles. The molecule has 132 valence electrons. The highest BCUT2D eigenvalue weighted by molar-refractivity contribution is 6.10. The van der Waals surface area contributed by atoms with Crippen LogP contribution in [0.25, 0.3) is 0 Å². The summed E-state index contributed by atoms with van der Waals surface area (Å²) >= 11 is 0. The van der Waals surface area contributed by atoms with Crippen molar-refractivity contribution in [3.05, 3.63) is 83.5 Å². The van der Waals surface area contributed by atoms with E-state index in [-0.39, 0.29) is 18.1 Å². The van der Waals surface area contributed by atoms with Gasteiger partial charge in [-0.3, -0.25) is 9.59 Å². The number of methoxy groups -OCH3 is 1. The van der Waals surface area contributed by atoms with Gasteiger partial charge in [-0.05, 0) is 54.8 Å². The van der Waals surface area contributed by atoms with E-state index in [4.69, 9.17) is 4.74 Å². The molecule has 0 aliphatic heterocycles. The molecule has 0 aromatic heterocycles. The van der Waals surface area contributed by atoms with Gasteiger partial charge in [-0.1, -0.05) is 30.4 Å². The predicted octanol–water partition coefficient (Wildman–Crippen LogP) is 4.34. The molecule has 0 saturated carbocycles. The zero-order chi connectivity index (χ0) is 18.4. The van der Waals surface area contributed by atoms with Crippen LogP contribution in [0.15, 0.2) is 72.3 Å². The lowest BCUT2D eigenvalue weighted by Gasteiger charge is -2.08. The van der Waals surface area contributed by atoms with Gasteiger partial charge in [0.25, 0.3) is 0 Å². The third kappa shape index (κ3) is 4.48. The summed E-state index contributed by atoms with van der Waals surface area (Å²) in [7, 11) is 1.61. The summed E-state index contributed by atoms with van der Waals surface area (Å²) in [5.41, 5.74) is 2.93. The number of hydrogen-bond acceptors (Lipinski definition) is 3. The van der Waals surface area contributed by atoms with E-state index in [0.29, 0.717) is 11.3 Å². The number of Topliss-reactive ketones (excluding diaryl/α,β-unsaturated/α-hetero) is 1. The molecule has 1 N–H and O–H groups in total. The van der Waals surface area contributed by atoms with Crippen LogP contribution in [-0.2, 0) is 11.2 Å². The van der Waals surface area contributed by atoms with E-state index in [0.717, 1.165) is 29.7 Å². The Morgan fingerprint density at radius 2 is 1.73 bits per heavy atom. The number of rotatable bonds is 6. The molecule has 4 heteroatoms. The first-order valence-electron chi connectivity index (χ1n) is 8.60. The summed E-state index contributed by atoms with van der Waals surface area (Å²) in [5, 5.41) is 2.85. The molecular weight excluding hydrogens is 326 g/mol. The Kier molecular flexibility index (Phi) is 5.64. The van der Waals surface area contributed by atoms with Gasteiger partial charge in [-0.25, -0.2) is 0 Å². The third-order valence-corrected chi connectivity index (χ3v) is 4.21. The van der Waals surface area contributed by atoms with Crippen molar-refractivity contribution in [2.75, 3.05) is 12.4 Å². The second kappa shape index (κ2) is 8.30. The molecule has 0 saturated heterocycles. The van der Waals surface area contributed by atoms with Crippen molar-refractivity contribution >= 4 is 17.4 Å². The van der Waals surface area contributed by atoms with Gasteiger partial charge in [0.1, 0.15) is 5.75 Å². The fraction of sp³-hybridized carbons (Fsp3) is 0.182. The second-order valence-electron chi connectivity index (χ2n) is 6.12. The molecule has 1 amide bonds. The molecule has 0 unspecified atom stereocenters. The molecular formula is C22H21NO3. The minimum absolute atomic E-state index is 0.0112. The maximum Gasteiger partial charge on any atom is 0.228 e. The van der Waals surface area contributed by atoms with Crippen LogP contribution in [0.4, 0.5) is 5.69 Å². The number of allylic oxidation sites excluding steroid dienone is 4. The van der Waals surface area contributed by atoms with Crippen molar-refractivity contribution in [2.24, 2.45) is 0 Å². The highest BCUT2D eigenvalue weighted by Gasteiger charge is 2.11. The number of ketones is 1. The zero-order valence-electron chi connectivity index (χ0n) is 14.7. The van der Waals surface area contributed by atoms with E-state index in [1.54, 1.807) is 31.4 Å². The van der Waals surface area contributed by atoms with Crippen LogP contribution in [0.5, 0.6) is 5.75 Å². The summed E-state index contributed by atoms with van der Waals surface area (Å²) in [5.74, 6) is 0.668. The highest BCUT2D eigenvalue weighted by atomic mass is 16.5. The van der Waals surface area contributed by atoms with E-state index in [2.05, 4.69) is 5.32 Å². The summed E-state index contributed by atoms with van der Waals surface area (Å²) < 4.78 is 5.11. The van der Waals surface area contributed by atoms with Crippen molar-refractivity contribution in [1.82, 2.24) is 0 Å². The van der Waals surface area contributed by atoms with E-state index < -0.39 is 0 Å². The Hall–Kier alpha value is -3.14. The number of carbonyl (C=O) groups excluding carboxylic acids is 2. The van der Waals surface area contributed by atoms with Crippen molar-refractivity contribution in [3.63, 3.8) is 0 Å². The fourth-order valence-electron chi connectivity index (χ4n) is 2.79. The van der Waals surface area contributed by atoms with Gasteiger partial charge in [-0.2, -0.15) is 0 Å². The summed E-state index contributed by atoms with van der Waals surface area (Å²) in [6.07, 6.45) is 8.01. The van der Waals surface area contributed by atoms with Crippen LogP contribution in [-0.4, -0.2) is 18.8 Å². The lowest BCUT2D eigenvalue weighted by molar-refractivity contribution is -0.115. The Morgan fingerprint density at radius 1 is 1.00 bits per heavy atom. The summed E-state index contributed by atoms with van der Waals surface area (Å²) in [6.45, 7) is 0. The quantitative estimate of drug-likeness (QED) is 0.791. The normalized spacial score (nSPS) is 13.0. The molecule has 0 fully saturated rings. The van der Waals surface area contributed by atoms with Crippen LogP contribution in [0, 0.1) is 0 Å². The van der Waals surface area contributed by atoms with Crippen LogP contribution < -0.4 is 10.1 Å². The minimum Gasteiger partial charge on any atom is -0.497 e. The molecule has 1 aliphatic carbocycles. The number of hydrogen-bond donors (Lipinski definition) is 1. The molecule has 0 radical (unpaired) electrons. The Bertz CT molecular complexity index is 846. The van der Waals surface area contributed by atoms with Crippen LogP contribution in [0.3, 0.4) is 0 Å². The van der Waals surface area contributed by atoms with Gasteiger partial charge in [0, 0.05) is 16.8 Å². The van der Waals surface area contributed by atoms with Crippen LogP contribution in [0.2, 0.25) is 0 Å². The first-order valence-corrected chi connectivity index (χ1v) is 8.60. The van der Waals surface area contributed by atoms with E-state index in [1.807, 2.05) is 42.5 Å². The number of amides is 1. The molecule has 0 bridgehead atoms. The fourth-order valence-corrected chi connectivity index (χ4v) is 2.79. The standard InChI is InChI=1S/C22H21NO3/c1-26-20-13-7-16(8-14-20)15-21(24)23-19-11-9-18(10-12-19)22(25)17-5-3-2-4-6-17/h3,5-14H,2,4,15H2,1H3,(H,23,24). The van der Waals surface area contributed by atoms with Gasteiger partial charge in [-0.15, -0.1) is 0 Å². The van der Waals surface area contributed by atoms with Crippen molar-refractivity contribution < 1.29 is 14.3 Å². The van der Waals surface area contributed by atoms with E-state index >= 15 is 0 Å². The molecule has 4 nitrogen and oxygen atoms in total. The average molecular weight is 347 g/mol. The van der Waals surface area contributed by atoms with Crippen molar-refractivity contribution in [3.8, 4) is 5.75 Å². The topological polar surface area (TPSA) is 55.4 Å². The molecule has 1 aliphatic rings. The van der Waals surface area contributed by atoms with E-state index in [1.165, 1.54) is 0 Å². The smallest absolute Gasteiger partial charge is 0.228 e. The molecule has 26 heavy (non-hydrogen) atoms. The maximum atomic E-state index is 12.4. The average Bonchev–Trinajstić information content (AvgIpc) is 2.69. The van der Waals surface area contributed by atoms with Crippen LogP contribution >= 0.6 is 0 Å². The predicted molar refractivity (Wildman–Crippen MR) is 103 cm³/mol. The Balaban J connectivity index is 1.59. The summed E-state index contributed by atoms with van der Waals surface area (Å²) in [6, 6.07) is 14.4. The summed E-state index contributed by atoms with van der Waals surface area (Å²) in [4.78, 5) is 24.6.